The van der Waals surface area contributed by atoms with E-state index in [1.165, 1.54) is 4.90 Å². The fourth-order valence-electron chi connectivity index (χ4n) is 3.22. The summed E-state index contributed by atoms with van der Waals surface area (Å²) in [6.07, 6.45) is 1.52. The van der Waals surface area contributed by atoms with Gasteiger partial charge in [0.1, 0.15) is 6.54 Å². The molecule has 0 aliphatic carbocycles. The Morgan fingerprint density at radius 2 is 1.83 bits per heavy atom. The van der Waals surface area contributed by atoms with E-state index in [2.05, 4.69) is 34.6 Å². The number of guanidine groups is 1. The summed E-state index contributed by atoms with van der Waals surface area (Å²) in [5.41, 5.74) is 1.91. The Balaban J connectivity index is 1.44. The molecule has 0 fully saturated rings. The molecule has 160 valence electrons. The third-order valence-electron chi connectivity index (χ3n) is 4.89. The van der Waals surface area contributed by atoms with Crippen molar-refractivity contribution in [3.63, 3.8) is 0 Å². The van der Waals surface area contributed by atoms with Gasteiger partial charge in [-0.2, -0.15) is 0 Å². The SMILES string of the molecule is CCNC(=NCc1cc(C(C)C)no1)NCCCCN1C(=O)c2ccccc2C1=O. The summed E-state index contributed by atoms with van der Waals surface area (Å²) in [5.74, 6) is 1.33. The highest BCUT2D eigenvalue weighted by Crippen LogP contribution is 2.22. The van der Waals surface area contributed by atoms with Crippen LogP contribution < -0.4 is 10.6 Å². The molecular weight excluding hydrogens is 382 g/mol. The van der Waals surface area contributed by atoms with E-state index >= 15 is 0 Å². The Hall–Kier alpha value is -3.16. The maximum atomic E-state index is 12.4. The monoisotopic (exact) mass is 411 g/mol. The van der Waals surface area contributed by atoms with E-state index in [0.717, 1.165) is 30.8 Å². The van der Waals surface area contributed by atoms with Crippen LogP contribution in [-0.4, -0.2) is 47.5 Å². The lowest BCUT2D eigenvalue weighted by Crippen LogP contribution is -2.38. The van der Waals surface area contributed by atoms with E-state index in [-0.39, 0.29) is 11.8 Å². The number of hydrogen-bond acceptors (Lipinski definition) is 5. The Morgan fingerprint density at radius 1 is 1.13 bits per heavy atom. The van der Waals surface area contributed by atoms with Crippen LogP contribution in [-0.2, 0) is 6.54 Å². The van der Waals surface area contributed by atoms with Crippen LogP contribution in [0.1, 0.15) is 71.7 Å². The minimum absolute atomic E-state index is 0.203. The van der Waals surface area contributed by atoms with Gasteiger partial charge in [-0.15, -0.1) is 0 Å². The average Bonchev–Trinajstić information content (AvgIpc) is 3.31. The molecule has 1 aliphatic rings. The van der Waals surface area contributed by atoms with Gasteiger partial charge in [0.2, 0.25) is 0 Å². The molecule has 2 aromatic rings. The minimum atomic E-state index is -0.203. The molecule has 3 rings (SSSR count). The Bertz CT molecular complexity index is 884. The molecule has 0 unspecified atom stereocenters. The van der Waals surface area contributed by atoms with Gasteiger partial charge in [-0.1, -0.05) is 31.1 Å². The zero-order chi connectivity index (χ0) is 21.5. The first-order chi connectivity index (χ1) is 14.5. The first kappa shape index (κ1) is 21.5. The predicted octanol–water partition coefficient (Wildman–Crippen LogP) is 2.93. The summed E-state index contributed by atoms with van der Waals surface area (Å²) in [4.78, 5) is 30.6. The fourth-order valence-corrected chi connectivity index (χ4v) is 3.22. The summed E-state index contributed by atoms with van der Waals surface area (Å²) in [7, 11) is 0. The summed E-state index contributed by atoms with van der Waals surface area (Å²) < 4.78 is 5.32. The number of hydrogen-bond donors (Lipinski definition) is 2. The van der Waals surface area contributed by atoms with E-state index in [9.17, 15) is 9.59 Å². The van der Waals surface area contributed by atoms with E-state index in [1.807, 2.05) is 13.0 Å². The standard InChI is InChI=1S/C22H29N5O3/c1-4-23-22(25-14-16-13-19(15(2)3)26-30-16)24-11-7-8-12-27-20(28)17-9-5-6-10-18(17)21(27)29/h5-6,9-10,13,15H,4,7-8,11-12,14H2,1-3H3,(H2,23,24,25). The molecule has 0 spiro atoms. The van der Waals surface area contributed by atoms with E-state index in [1.54, 1.807) is 24.3 Å². The number of nitrogens with zero attached hydrogens (tertiary/aromatic N) is 3. The van der Waals surface area contributed by atoms with Crippen molar-refractivity contribution in [2.24, 2.45) is 4.99 Å². The fraction of sp³-hybridized carbons (Fsp3) is 0.455. The Kier molecular flexibility index (Phi) is 7.21. The summed E-state index contributed by atoms with van der Waals surface area (Å²) in [6.45, 7) is 8.39. The lowest BCUT2D eigenvalue weighted by molar-refractivity contribution is 0.0652. The number of aromatic nitrogens is 1. The summed E-state index contributed by atoms with van der Waals surface area (Å²) in [6, 6.07) is 8.90. The number of unbranched alkanes of at least 4 members (excludes halogenated alkanes) is 1. The second-order valence-electron chi connectivity index (χ2n) is 7.51. The van der Waals surface area contributed by atoms with Crippen LogP contribution in [0, 0.1) is 0 Å². The predicted molar refractivity (Wildman–Crippen MR) is 114 cm³/mol. The van der Waals surface area contributed by atoms with Crippen LogP contribution in [0.5, 0.6) is 0 Å². The highest BCUT2D eigenvalue weighted by molar-refractivity contribution is 6.21. The zero-order valence-corrected chi connectivity index (χ0v) is 17.8. The number of benzene rings is 1. The van der Waals surface area contributed by atoms with Gasteiger partial charge >= 0.3 is 0 Å². The molecule has 2 amide bonds. The maximum Gasteiger partial charge on any atom is 0.261 e. The number of carbonyl (C=O) groups is 2. The van der Waals surface area contributed by atoms with Gasteiger partial charge in [-0.25, -0.2) is 4.99 Å². The van der Waals surface area contributed by atoms with Crippen molar-refractivity contribution in [1.82, 2.24) is 20.7 Å². The number of rotatable bonds is 9. The van der Waals surface area contributed by atoms with Crippen molar-refractivity contribution in [3.05, 3.63) is 52.9 Å². The molecule has 1 aromatic heterocycles. The molecule has 1 aromatic carbocycles. The number of amides is 2. The van der Waals surface area contributed by atoms with Crippen molar-refractivity contribution in [2.75, 3.05) is 19.6 Å². The molecule has 30 heavy (non-hydrogen) atoms. The van der Waals surface area contributed by atoms with Crippen molar-refractivity contribution in [3.8, 4) is 0 Å². The van der Waals surface area contributed by atoms with E-state index in [0.29, 0.717) is 42.6 Å². The van der Waals surface area contributed by atoms with Gasteiger partial charge in [-0.05, 0) is 37.8 Å². The van der Waals surface area contributed by atoms with Crippen LogP contribution in [0.15, 0.2) is 39.8 Å². The second-order valence-corrected chi connectivity index (χ2v) is 7.51. The number of nitrogens with one attached hydrogen (secondary N) is 2. The van der Waals surface area contributed by atoms with E-state index < -0.39 is 0 Å². The van der Waals surface area contributed by atoms with Gasteiger partial charge in [0.25, 0.3) is 11.8 Å². The van der Waals surface area contributed by atoms with Crippen LogP contribution in [0.25, 0.3) is 0 Å². The Morgan fingerprint density at radius 3 is 2.43 bits per heavy atom. The molecule has 0 bridgehead atoms. The molecule has 8 heteroatoms. The summed E-state index contributed by atoms with van der Waals surface area (Å²) >= 11 is 0. The van der Waals surface area contributed by atoms with Crippen molar-refractivity contribution < 1.29 is 14.1 Å². The van der Waals surface area contributed by atoms with Crippen molar-refractivity contribution in [2.45, 2.75) is 46.1 Å². The van der Waals surface area contributed by atoms with Crippen LogP contribution >= 0.6 is 0 Å². The molecule has 0 radical (unpaired) electrons. The quantitative estimate of drug-likeness (QED) is 0.285. The number of aliphatic imine (C=N–C) groups is 1. The summed E-state index contributed by atoms with van der Waals surface area (Å²) in [5, 5.41) is 10.5. The first-order valence-corrected chi connectivity index (χ1v) is 10.4. The molecule has 8 nitrogen and oxygen atoms in total. The molecule has 1 aliphatic heterocycles. The highest BCUT2D eigenvalue weighted by atomic mass is 16.5. The molecule has 0 saturated carbocycles. The smallest absolute Gasteiger partial charge is 0.261 e. The number of carbonyl (C=O) groups excluding carboxylic acids is 2. The normalized spacial score (nSPS) is 13.9. The number of fused-ring (bicyclic) bond motifs is 1. The topological polar surface area (TPSA) is 99.8 Å². The molecular formula is C22H29N5O3. The maximum absolute atomic E-state index is 12.4. The van der Waals surface area contributed by atoms with Gasteiger partial charge in [-0.3, -0.25) is 14.5 Å². The molecule has 2 heterocycles. The van der Waals surface area contributed by atoms with Crippen molar-refractivity contribution in [1.29, 1.82) is 0 Å². The molecule has 0 atom stereocenters. The van der Waals surface area contributed by atoms with Crippen LogP contribution in [0.3, 0.4) is 0 Å². The molecule has 2 N–H and O–H groups in total. The average molecular weight is 412 g/mol. The van der Waals surface area contributed by atoms with Gasteiger partial charge in [0.05, 0.1) is 16.8 Å². The van der Waals surface area contributed by atoms with Crippen LogP contribution in [0.2, 0.25) is 0 Å². The van der Waals surface area contributed by atoms with Gasteiger partial charge in [0, 0.05) is 25.7 Å². The van der Waals surface area contributed by atoms with Gasteiger partial charge < -0.3 is 15.2 Å². The lowest BCUT2D eigenvalue weighted by atomic mass is 10.1. The number of imide groups is 1. The zero-order valence-electron chi connectivity index (χ0n) is 17.8. The third kappa shape index (κ3) is 5.06. The molecule has 0 saturated heterocycles. The Labute approximate surface area is 176 Å². The first-order valence-electron chi connectivity index (χ1n) is 10.4. The third-order valence-corrected chi connectivity index (χ3v) is 4.89. The minimum Gasteiger partial charge on any atom is -0.359 e. The lowest BCUT2D eigenvalue weighted by Gasteiger charge is -2.14. The van der Waals surface area contributed by atoms with Crippen LogP contribution in [0.4, 0.5) is 0 Å². The van der Waals surface area contributed by atoms with Crippen molar-refractivity contribution >= 4 is 17.8 Å². The second kappa shape index (κ2) is 10.0. The highest BCUT2D eigenvalue weighted by Gasteiger charge is 2.34. The van der Waals surface area contributed by atoms with E-state index in [4.69, 9.17) is 4.52 Å². The van der Waals surface area contributed by atoms with Gasteiger partial charge in [0.15, 0.2) is 11.7 Å². The largest absolute Gasteiger partial charge is 0.359 e.